The fourth-order valence-electron chi connectivity index (χ4n) is 0.204. The Balaban J connectivity index is 0. The van der Waals surface area contributed by atoms with E-state index in [1.165, 1.54) is 0 Å². The summed E-state index contributed by atoms with van der Waals surface area (Å²) in [7, 11) is 0. The molecule has 0 saturated heterocycles. The summed E-state index contributed by atoms with van der Waals surface area (Å²) in [5, 5.41) is 10.0. The number of hydrogen-bond acceptors (Lipinski definition) is 1. The molecule has 0 N–H and O–H groups in total. The molecule has 36 valence electrons. The molecule has 0 aromatic rings. The molecule has 0 rings (SSSR count). The van der Waals surface area contributed by atoms with Crippen molar-refractivity contribution >= 4 is 25.6 Å². The molecule has 0 atom stereocenters. The van der Waals surface area contributed by atoms with Gasteiger partial charge in [0.1, 0.15) is 0 Å². The first kappa shape index (κ1) is 10.9. The van der Waals surface area contributed by atoms with Gasteiger partial charge in [-0.2, -0.15) is 0 Å². The minimum Gasteiger partial charge on any atom is 1.00 e. The summed E-state index contributed by atoms with van der Waals surface area (Å²) in [5.41, 5.74) is 0. The first-order valence-corrected chi connectivity index (χ1v) is 3.13. The molecule has 0 unspecified atom stereocenters. The monoisotopic (exact) mass is 208 g/mol. The predicted molar refractivity (Wildman–Crippen MR) is 25.7 cm³/mol. The van der Waals surface area contributed by atoms with E-state index >= 15 is 0 Å². The van der Waals surface area contributed by atoms with E-state index in [1.54, 1.807) is 21.8 Å². The van der Waals surface area contributed by atoms with Gasteiger partial charge >= 0.3 is 69.3 Å². The molecule has 0 aliphatic heterocycles. The van der Waals surface area contributed by atoms with Gasteiger partial charge in [0, 0.05) is 0 Å². The van der Waals surface area contributed by atoms with E-state index in [1.807, 2.05) is 6.92 Å². The van der Waals surface area contributed by atoms with E-state index in [-0.39, 0.29) is 18.9 Å². The average Bonchev–Trinajstić information content (AvgIpc) is 1.35. The molecule has 0 spiro atoms. The molecule has 0 saturated carbocycles. The number of rotatable bonds is 2. The second-order valence-corrected chi connectivity index (χ2v) is 2.42. The molecule has 0 fully saturated rings. The van der Waals surface area contributed by atoms with Crippen molar-refractivity contribution in [2.24, 2.45) is 0 Å². The average molecular weight is 206 g/mol. The predicted octanol–water partition coefficient (Wildman–Crippen LogP) is -3.55. The Hall–Kier alpha value is 1.06. The van der Waals surface area contributed by atoms with Gasteiger partial charge in [-0.1, -0.05) is 0 Å². The SMILES string of the molecule is CCCC([O-])=[Te].[Li+]. The van der Waals surface area contributed by atoms with Crippen molar-refractivity contribution in [3.63, 3.8) is 0 Å². The van der Waals surface area contributed by atoms with Crippen LogP contribution in [-0.4, -0.2) is 25.6 Å². The zero-order valence-corrected chi connectivity index (χ0v) is 7.06. The molecular weight excluding hydrogens is 199 g/mol. The van der Waals surface area contributed by atoms with Crippen molar-refractivity contribution in [1.29, 1.82) is 0 Å². The van der Waals surface area contributed by atoms with Crippen LogP contribution >= 0.6 is 0 Å². The van der Waals surface area contributed by atoms with Gasteiger partial charge in [0.25, 0.3) is 0 Å². The zero-order valence-electron chi connectivity index (χ0n) is 4.73. The molecule has 0 aliphatic carbocycles. The molecule has 0 aromatic carbocycles. The van der Waals surface area contributed by atoms with Crippen LogP contribution in [0.15, 0.2) is 0 Å². The van der Waals surface area contributed by atoms with Crippen LogP contribution in [0.5, 0.6) is 0 Å². The molecule has 1 nitrogen and oxygen atoms in total. The summed E-state index contributed by atoms with van der Waals surface area (Å²) >= 11 is 1.55. The maximum atomic E-state index is 10.0. The second kappa shape index (κ2) is 7.06. The van der Waals surface area contributed by atoms with Crippen LogP contribution in [-0.2, 0) is 0 Å². The fraction of sp³-hybridized carbons (Fsp3) is 0.750. The van der Waals surface area contributed by atoms with Gasteiger partial charge in [0.2, 0.25) is 0 Å². The maximum Gasteiger partial charge on any atom is 1.00 e. The van der Waals surface area contributed by atoms with E-state index < -0.39 is 0 Å². The summed E-state index contributed by atoms with van der Waals surface area (Å²) in [4.78, 5) is 0. The maximum absolute atomic E-state index is 10.0. The van der Waals surface area contributed by atoms with Crippen molar-refractivity contribution < 1.29 is 24.0 Å². The smallest absolute Gasteiger partial charge is 1.00 e. The summed E-state index contributed by atoms with van der Waals surface area (Å²) in [6.45, 7) is 2.00. The molecule has 0 radical (unpaired) electrons. The fourth-order valence-corrected chi connectivity index (χ4v) is 0.787. The van der Waals surface area contributed by atoms with Crippen molar-refractivity contribution in [3.05, 3.63) is 0 Å². The number of hydrogen-bond donors (Lipinski definition) is 0. The van der Waals surface area contributed by atoms with Crippen molar-refractivity contribution in [1.82, 2.24) is 0 Å². The second-order valence-electron chi connectivity index (χ2n) is 1.12. The van der Waals surface area contributed by atoms with Crippen LogP contribution in [0.25, 0.3) is 0 Å². The van der Waals surface area contributed by atoms with E-state index in [0.717, 1.165) is 12.8 Å². The molecular formula is C4H7LiOTe. The van der Waals surface area contributed by atoms with Crippen LogP contribution in [0.1, 0.15) is 19.8 Å². The third kappa shape index (κ3) is 11.0. The van der Waals surface area contributed by atoms with Gasteiger partial charge in [-0.15, -0.1) is 0 Å². The summed E-state index contributed by atoms with van der Waals surface area (Å²) in [6.07, 6.45) is 1.72. The Bertz CT molecular complexity index is 55.7. The van der Waals surface area contributed by atoms with E-state index in [0.29, 0.717) is 3.74 Å². The van der Waals surface area contributed by atoms with Crippen molar-refractivity contribution in [2.45, 2.75) is 19.8 Å². The van der Waals surface area contributed by atoms with E-state index in [4.69, 9.17) is 0 Å². The van der Waals surface area contributed by atoms with Gasteiger partial charge < -0.3 is 0 Å². The summed E-state index contributed by atoms with van der Waals surface area (Å²) in [5.74, 6) is 0. The third-order valence-electron chi connectivity index (χ3n) is 0.454. The van der Waals surface area contributed by atoms with Crippen LogP contribution in [0.2, 0.25) is 0 Å². The van der Waals surface area contributed by atoms with E-state index in [9.17, 15) is 5.11 Å². The molecule has 7 heavy (non-hydrogen) atoms. The normalized spacial score (nSPS) is 7.00. The molecule has 0 heterocycles. The van der Waals surface area contributed by atoms with Gasteiger partial charge in [0.15, 0.2) is 0 Å². The quantitative estimate of drug-likeness (QED) is 0.428. The van der Waals surface area contributed by atoms with Crippen LogP contribution in [0, 0.1) is 0 Å². The van der Waals surface area contributed by atoms with Crippen LogP contribution < -0.4 is 24.0 Å². The van der Waals surface area contributed by atoms with E-state index in [2.05, 4.69) is 0 Å². The van der Waals surface area contributed by atoms with Gasteiger partial charge in [-0.05, 0) is 0 Å². The van der Waals surface area contributed by atoms with Crippen molar-refractivity contribution in [3.8, 4) is 0 Å². The zero-order chi connectivity index (χ0) is 4.99. The van der Waals surface area contributed by atoms with Crippen LogP contribution in [0.3, 0.4) is 0 Å². The van der Waals surface area contributed by atoms with Gasteiger partial charge in [-0.3, -0.25) is 0 Å². The molecule has 0 aromatic heterocycles. The molecule has 0 bridgehead atoms. The molecule has 3 heteroatoms. The standard InChI is InChI=1S/C4H8OTe.Li/c1-2-3-4(5)6;/h2-3H2,1H3,(H,5,6);/q;+1/p-1. The molecule has 0 amide bonds. The van der Waals surface area contributed by atoms with Crippen molar-refractivity contribution in [2.75, 3.05) is 0 Å². The minimum atomic E-state index is 0. The minimum absolute atomic E-state index is 0. The Morgan fingerprint density at radius 3 is 2.14 bits per heavy atom. The summed E-state index contributed by atoms with van der Waals surface area (Å²) < 4.78 is 0.299. The third-order valence-corrected chi connectivity index (χ3v) is 1.04. The molecule has 0 aliphatic rings. The largest absolute Gasteiger partial charge is 1.00 e. The first-order chi connectivity index (χ1) is 2.77. The Kier molecular flexibility index (Phi) is 11.0. The van der Waals surface area contributed by atoms with Crippen LogP contribution in [0.4, 0.5) is 0 Å². The Morgan fingerprint density at radius 2 is 2.14 bits per heavy atom. The van der Waals surface area contributed by atoms with Gasteiger partial charge in [-0.25, -0.2) is 0 Å². The first-order valence-electron chi connectivity index (χ1n) is 1.97. The Morgan fingerprint density at radius 1 is 1.71 bits per heavy atom. The topological polar surface area (TPSA) is 23.1 Å². The Labute approximate surface area is 69.1 Å². The summed E-state index contributed by atoms with van der Waals surface area (Å²) in [6, 6.07) is 0. The van der Waals surface area contributed by atoms with Gasteiger partial charge in [0.05, 0.1) is 0 Å².